The number of aromatic nitrogens is 6. The largest absolute Gasteiger partial charge is 0.444 e. The van der Waals surface area contributed by atoms with E-state index in [1.54, 1.807) is 59.9 Å². The molecule has 1 saturated heterocycles. The number of fused-ring (bicyclic) bond motifs is 5. The molecule has 0 unspecified atom stereocenters. The summed E-state index contributed by atoms with van der Waals surface area (Å²) in [7, 11) is 1.69. The molecule has 3 aromatic heterocycles. The molecule has 2 aliphatic heterocycles. The number of carbonyl (C=O) groups excluding carboxylic acids is 1. The minimum atomic E-state index is -1.67. The van der Waals surface area contributed by atoms with Gasteiger partial charge in [0.05, 0.1) is 40.6 Å². The number of alkyl halides is 1. The van der Waals surface area contributed by atoms with Gasteiger partial charge in [-0.25, -0.2) is 27.4 Å². The Morgan fingerprint density at radius 1 is 1.02 bits per heavy atom. The monoisotopic (exact) mass is 619 g/mol. The lowest BCUT2D eigenvalue weighted by Gasteiger charge is -2.37. The molecule has 0 aliphatic carbocycles. The Bertz CT molecular complexity index is 2060. The first-order chi connectivity index (χ1) is 21.3. The number of halogens is 3. The van der Waals surface area contributed by atoms with Gasteiger partial charge in [-0.1, -0.05) is 0 Å². The number of ether oxygens (including phenoxy) is 1. The average molecular weight is 620 g/mol. The van der Waals surface area contributed by atoms with Gasteiger partial charge in [0.25, 0.3) is 0 Å². The van der Waals surface area contributed by atoms with Crippen LogP contribution in [0.3, 0.4) is 0 Å². The van der Waals surface area contributed by atoms with Crippen molar-refractivity contribution < 1.29 is 22.7 Å². The maximum atomic E-state index is 16.4. The molecule has 3 atom stereocenters. The highest BCUT2D eigenvalue weighted by atomic mass is 19.1. The molecule has 1 amide bonds. The van der Waals surface area contributed by atoms with E-state index in [2.05, 4.69) is 10.2 Å². The van der Waals surface area contributed by atoms with Crippen molar-refractivity contribution in [1.29, 1.82) is 0 Å². The number of hydrogen-bond donors (Lipinski definition) is 0. The first kappa shape index (κ1) is 28.9. The third-order valence-corrected chi connectivity index (χ3v) is 8.67. The molecule has 2 bridgehead atoms. The van der Waals surface area contributed by atoms with Crippen LogP contribution in [0.15, 0.2) is 47.7 Å². The number of nitrogens with zero attached hydrogens (tertiary/aromatic N) is 7. The number of hydrogen-bond acceptors (Lipinski definition) is 5. The molecule has 5 heterocycles. The molecule has 234 valence electrons. The van der Waals surface area contributed by atoms with Crippen molar-refractivity contribution in [2.75, 3.05) is 0 Å². The predicted octanol–water partition coefficient (Wildman–Crippen LogP) is 6.06. The van der Waals surface area contributed by atoms with Crippen LogP contribution in [0.2, 0.25) is 0 Å². The molecule has 7 rings (SSSR count). The zero-order chi connectivity index (χ0) is 32.1. The minimum Gasteiger partial charge on any atom is -0.444 e. The quantitative estimate of drug-likeness (QED) is 0.245. The molecule has 1 fully saturated rings. The highest BCUT2D eigenvalue weighted by molar-refractivity contribution is 5.81. The topological polar surface area (TPSA) is 92.1 Å². The van der Waals surface area contributed by atoms with Gasteiger partial charge in [-0.3, -0.25) is 18.7 Å². The third kappa shape index (κ3) is 4.31. The fraction of sp³-hybridized carbons (Fsp3) is 0.375. The van der Waals surface area contributed by atoms with Gasteiger partial charge in [0.1, 0.15) is 22.9 Å². The second kappa shape index (κ2) is 9.85. The zero-order valence-corrected chi connectivity index (χ0v) is 25.7. The summed E-state index contributed by atoms with van der Waals surface area (Å²) in [5.41, 5.74) is 0.652. The van der Waals surface area contributed by atoms with Crippen molar-refractivity contribution in [2.24, 2.45) is 7.05 Å². The summed E-state index contributed by atoms with van der Waals surface area (Å²) in [6.45, 7) is 8.43. The second-order valence-electron chi connectivity index (χ2n) is 12.8. The summed E-state index contributed by atoms with van der Waals surface area (Å²) < 4.78 is 57.8. The SMILES string of the molecule is Cc1cc(-n2nc3c(c2-n2ccn(-c4ccc5c(cnn5C)c4F)c2=O)[C@H]2CC[C@@H]([C@@H]3F)N2C(=O)OC(C)(C)C)cc(C)c1F. The first-order valence-corrected chi connectivity index (χ1v) is 14.7. The summed E-state index contributed by atoms with van der Waals surface area (Å²) in [5, 5.41) is 9.03. The van der Waals surface area contributed by atoms with Gasteiger partial charge >= 0.3 is 11.8 Å². The van der Waals surface area contributed by atoms with Crippen molar-refractivity contribution in [3.05, 3.63) is 87.4 Å². The summed E-state index contributed by atoms with van der Waals surface area (Å²) in [4.78, 5) is 29.0. The Kier molecular flexibility index (Phi) is 6.33. The summed E-state index contributed by atoms with van der Waals surface area (Å²) in [5.74, 6) is -0.830. The standard InChI is InChI=1S/C32H32F3N7O3/c1-16-13-18(14-17(2)25(16)33)42-29(24-21-8-10-23(27(35)28(24)37-42)41(21)31(44)45-32(3,4)5)40-12-11-39(30(40)43)22-9-7-20-19(26(22)34)15-36-38(20)6/h7,9,11-15,21,23,27H,8,10H2,1-6H3/t21-,23+,27+/m1/s1. The van der Waals surface area contributed by atoms with Crippen LogP contribution in [-0.2, 0) is 11.8 Å². The Labute approximate surface area is 256 Å². The number of imidazole rings is 1. The summed E-state index contributed by atoms with van der Waals surface area (Å²) in [6, 6.07) is 4.86. The van der Waals surface area contributed by atoms with Gasteiger partial charge in [-0.2, -0.15) is 10.2 Å². The van der Waals surface area contributed by atoms with E-state index < -0.39 is 41.5 Å². The summed E-state index contributed by atoms with van der Waals surface area (Å²) in [6.07, 6.45) is 2.74. The first-order valence-electron chi connectivity index (χ1n) is 14.7. The van der Waals surface area contributed by atoms with Crippen LogP contribution >= 0.6 is 0 Å². The van der Waals surface area contributed by atoms with Crippen molar-refractivity contribution in [2.45, 2.75) is 71.3 Å². The Balaban J connectivity index is 1.46. The highest BCUT2D eigenvalue weighted by Gasteiger charge is 2.53. The number of carbonyl (C=O) groups is 1. The van der Waals surface area contributed by atoms with Crippen molar-refractivity contribution in [1.82, 2.24) is 33.6 Å². The summed E-state index contributed by atoms with van der Waals surface area (Å²) >= 11 is 0. The average Bonchev–Trinajstić information content (AvgIpc) is 3.73. The molecule has 2 aliphatic rings. The lowest BCUT2D eigenvalue weighted by molar-refractivity contribution is 0.00106. The molecular formula is C32H32F3N7O3. The maximum Gasteiger partial charge on any atom is 0.411 e. The lowest BCUT2D eigenvalue weighted by atomic mass is 9.98. The molecule has 5 aromatic rings. The third-order valence-electron chi connectivity index (χ3n) is 8.67. The Morgan fingerprint density at radius 2 is 1.71 bits per heavy atom. The van der Waals surface area contributed by atoms with Crippen LogP contribution in [-0.4, -0.2) is 51.3 Å². The van der Waals surface area contributed by atoms with Crippen LogP contribution in [0.5, 0.6) is 0 Å². The zero-order valence-electron chi connectivity index (χ0n) is 25.7. The van der Waals surface area contributed by atoms with Crippen LogP contribution < -0.4 is 5.69 Å². The normalized spacial score (nSPS) is 19.4. The highest BCUT2D eigenvalue weighted by Crippen LogP contribution is 2.52. The Hall–Kier alpha value is -4.81. The van der Waals surface area contributed by atoms with Gasteiger partial charge in [-0.15, -0.1) is 0 Å². The maximum absolute atomic E-state index is 16.4. The number of aryl methyl sites for hydroxylation is 3. The van der Waals surface area contributed by atoms with Crippen molar-refractivity contribution in [3.8, 4) is 17.2 Å². The van der Waals surface area contributed by atoms with Gasteiger partial charge in [0.15, 0.2) is 12.0 Å². The van der Waals surface area contributed by atoms with E-state index >= 15 is 8.78 Å². The molecule has 0 N–H and O–H groups in total. The molecular weight excluding hydrogens is 587 g/mol. The van der Waals surface area contributed by atoms with E-state index in [-0.39, 0.29) is 28.4 Å². The van der Waals surface area contributed by atoms with E-state index in [4.69, 9.17) is 4.74 Å². The molecule has 13 heteroatoms. The fourth-order valence-electron chi connectivity index (χ4n) is 6.68. The van der Waals surface area contributed by atoms with E-state index in [0.29, 0.717) is 40.7 Å². The van der Waals surface area contributed by atoms with Crippen molar-refractivity contribution >= 4 is 17.0 Å². The van der Waals surface area contributed by atoms with E-state index in [1.165, 1.54) is 43.5 Å². The second-order valence-corrected chi connectivity index (χ2v) is 12.8. The van der Waals surface area contributed by atoms with E-state index in [0.717, 1.165) is 4.57 Å². The molecule has 0 radical (unpaired) electrons. The van der Waals surface area contributed by atoms with Crippen LogP contribution in [0.25, 0.3) is 28.1 Å². The van der Waals surface area contributed by atoms with Crippen LogP contribution in [0, 0.1) is 25.5 Å². The lowest BCUT2D eigenvalue weighted by Crippen LogP contribution is -2.45. The molecule has 45 heavy (non-hydrogen) atoms. The predicted molar refractivity (Wildman–Crippen MR) is 160 cm³/mol. The number of benzene rings is 2. The van der Waals surface area contributed by atoms with Gasteiger partial charge in [-0.05, 0) is 82.9 Å². The van der Waals surface area contributed by atoms with Gasteiger partial charge < -0.3 is 4.74 Å². The van der Waals surface area contributed by atoms with E-state index in [9.17, 15) is 14.0 Å². The van der Waals surface area contributed by atoms with Crippen LogP contribution in [0.1, 0.15) is 68.2 Å². The van der Waals surface area contributed by atoms with Crippen molar-refractivity contribution in [3.63, 3.8) is 0 Å². The number of amides is 1. The molecule has 0 saturated carbocycles. The van der Waals surface area contributed by atoms with Crippen LogP contribution in [0.4, 0.5) is 18.0 Å². The fourth-order valence-corrected chi connectivity index (χ4v) is 6.68. The van der Waals surface area contributed by atoms with Gasteiger partial charge in [0, 0.05) is 25.0 Å². The smallest absolute Gasteiger partial charge is 0.411 e. The molecule has 10 nitrogen and oxygen atoms in total. The minimum absolute atomic E-state index is 0.00679. The number of rotatable bonds is 3. The van der Waals surface area contributed by atoms with Gasteiger partial charge in [0.2, 0.25) is 0 Å². The Morgan fingerprint density at radius 3 is 2.40 bits per heavy atom. The molecule has 2 aromatic carbocycles. The molecule has 0 spiro atoms. The van der Waals surface area contributed by atoms with E-state index in [1.807, 2.05) is 0 Å².